The number of Topliss-reactive ketones (excluding diaryl/α,β-unsaturated/α-hetero) is 1. The Hall–Kier alpha value is -1.10. The maximum Gasteiger partial charge on any atom is 0.412 e. The number of amides is 1. The molecule has 2 fully saturated rings. The van der Waals surface area contributed by atoms with Crippen LogP contribution in [-0.2, 0) is 14.3 Å². The average molecular weight is 213 g/mol. The van der Waals surface area contributed by atoms with Crippen molar-refractivity contribution < 1.29 is 19.1 Å². The predicted molar refractivity (Wildman–Crippen MR) is 51.3 cm³/mol. The van der Waals surface area contributed by atoms with E-state index in [0.29, 0.717) is 26.0 Å². The highest BCUT2D eigenvalue weighted by molar-refractivity contribution is 5.91. The quantitative estimate of drug-likeness (QED) is 0.684. The van der Waals surface area contributed by atoms with E-state index in [1.807, 2.05) is 0 Å². The highest BCUT2D eigenvalue weighted by Crippen LogP contribution is 2.33. The second-order valence-corrected chi connectivity index (χ2v) is 3.88. The normalized spacial score (nSPS) is 31.9. The molecule has 2 rings (SSSR count). The van der Waals surface area contributed by atoms with Crippen LogP contribution < -0.4 is 0 Å². The summed E-state index contributed by atoms with van der Waals surface area (Å²) in [4.78, 5) is 24.8. The molecule has 1 amide bonds. The zero-order chi connectivity index (χ0) is 10.9. The van der Waals surface area contributed by atoms with Gasteiger partial charge in [0.25, 0.3) is 0 Å². The van der Waals surface area contributed by atoms with Gasteiger partial charge in [-0.1, -0.05) is 0 Å². The van der Waals surface area contributed by atoms with Gasteiger partial charge < -0.3 is 9.47 Å². The number of methoxy groups -OCH3 is 1. The van der Waals surface area contributed by atoms with Crippen molar-refractivity contribution >= 4 is 11.9 Å². The molecule has 1 aliphatic heterocycles. The van der Waals surface area contributed by atoms with Crippen LogP contribution in [0.25, 0.3) is 0 Å². The first-order valence-corrected chi connectivity index (χ1v) is 5.23. The van der Waals surface area contributed by atoms with Gasteiger partial charge in [-0.3, -0.25) is 9.69 Å². The van der Waals surface area contributed by atoms with Crippen LogP contribution in [0.15, 0.2) is 0 Å². The van der Waals surface area contributed by atoms with E-state index in [2.05, 4.69) is 0 Å². The fourth-order valence-corrected chi connectivity index (χ4v) is 2.32. The van der Waals surface area contributed by atoms with E-state index in [0.717, 1.165) is 12.8 Å². The van der Waals surface area contributed by atoms with Gasteiger partial charge in [0.05, 0.1) is 6.54 Å². The summed E-state index contributed by atoms with van der Waals surface area (Å²) in [6.07, 6.45) is 2.41. The second kappa shape index (κ2) is 3.81. The molecule has 2 aliphatic rings. The zero-order valence-electron chi connectivity index (χ0n) is 8.82. The SMILES string of the molecule is COC1(N2CCOC2=O)CCCCC1=O. The van der Waals surface area contributed by atoms with E-state index in [4.69, 9.17) is 9.47 Å². The minimum Gasteiger partial charge on any atom is -0.447 e. The summed E-state index contributed by atoms with van der Waals surface area (Å²) in [5, 5.41) is 0. The summed E-state index contributed by atoms with van der Waals surface area (Å²) in [7, 11) is 1.48. The van der Waals surface area contributed by atoms with Crippen molar-refractivity contribution in [1.29, 1.82) is 0 Å². The molecule has 15 heavy (non-hydrogen) atoms. The molecular weight excluding hydrogens is 198 g/mol. The van der Waals surface area contributed by atoms with Crippen LogP contribution in [0.3, 0.4) is 0 Å². The number of hydrogen-bond acceptors (Lipinski definition) is 4. The Morgan fingerprint density at radius 3 is 2.73 bits per heavy atom. The third-order valence-corrected chi connectivity index (χ3v) is 3.14. The summed E-state index contributed by atoms with van der Waals surface area (Å²) in [5.74, 6) is -0.00454. The number of ether oxygens (including phenoxy) is 2. The molecule has 0 aromatic carbocycles. The van der Waals surface area contributed by atoms with Crippen LogP contribution >= 0.6 is 0 Å². The number of carbonyl (C=O) groups excluding carboxylic acids is 2. The molecule has 1 heterocycles. The van der Waals surface area contributed by atoms with Crippen molar-refractivity contribution in [2.75, 3.05) is 20.3 Å². The maximum atomic E-state index is 11.9. The van der Waals surface area contributed by atoms with E-state index in [9.17, 15) is 9.59 Å². The van der Waals surface area contributed by atoms with Gasteiger partial charge in [0.15, 0.2) is 5.78 Å². The van der Waals surface area contributed by atoms with Crippen LogP contribution in [-0.4, -0.2) is 42.8 Å². The molecule has 1 saturated carbocycles. The smallest absolute Gasteiger partial charge is 0.412 e. The molecular formula is C10H15NO4. The Labute approximate surface area is 88.3 Å². The number of hydrogen-bond donors (Lipinski definition) is 0. The van der Waals surface area contributed by atoms with Gasteiger partial charge >= 0.3 is 6.09 Å². The first-order chi connectivity index (χ1) is 7.20. The Morgan fingerprint density at radius 1 is 1.40 bits per heavy atom. The highest BCUT2D eigenvalue weighted by atomic mass is 16.6. The maximum absolute atomic E-state index is 11.9. The largest absolute Gasteiger partial charge is 0.447 e. The minimum absolute atomic E-state index is 0.00454. The molecule has 1 saturated heterocycles. The van der Waals surface area contributed by atoms with E-state index >= 15 is 0 Å². The van der Waals surface area contributed by atoms with E-state index in [1.54, 1.807) is 0 Å². The Bertz CT molecular complexity index is 291. The summed E-state index contributed by atoms with van der Waals surface area (Å²) in [5.41, 5.74) is -1.05. The molecule has 0 N–H and O–H groups in total. The lowest BCUT2D eigenvalue weighted by atomic mass is 9.89. The third kappa shape index (κ3) is 1.51. The molecule has 1 aliphatic carbocycles. The molecule has 1 unspecified atom stereocenters. The molecule has 1 atom stereocenters. The van der Waals surface area contributed by atoms with Gasteiger partial charge in [0.1, 0.15) is 6.61 Å². The summed E-state index contributed by atoms with van der Waals surface area (Å²) >= 11 is 0. The van der Waals surface area contributed by atoms with Crippen molar-refractivity contribution in [3.8, 4) is 0 Å². The Kier molecular flexibility index (Phi) is 2.65. The third-order valence-electron chi connectivity index (χ3n) is 3.14. The number of rotatable bonds is 2. The lowest BCUT2D eigenvalue weighted by Crippen LogP contribution is -2.57. The van der Waals surface area contributed by atoms with Gasteiger partial charge in [-0.2, -0.15) is 0 Å². The number of ketones is 1. The van der Waals surface area contributed by atoms with Gasteiger partial charge in [0.2, 0.25) is 5.72 Å². The fourth-order valence-electron chi connectivity index (χ4n) is 2.32. The van der Waals surface area contributed by atoms with Crippen LogP contribution in [0.5, 0.6) is 0 Å². The fraction of sp³-hybridized carbons (Fsp3) is 0.800. The predicted octanol–water partition coefficient (Wildman–Crippen LogP) is 0.924. The van der Waals surface area contributed by atoms with Gasteiger partial charge in [-0.05, 0) is 12.8 Å². The van der Waals surface area contributed by atoms with Crippen LogP contribution in [0.4, 0.5) is 4.79 Å². The highest BCUT2D eigenvalue weighted by Gasteiger charge is 2.49. The van der Waals surface area contributed by atoms with E-state index < -0.39 is 11.8 Å². The molecule has 0 radical (unpaired) electrons. The van der Waals surface area contributed by atoms with E-state index in [-0.39, 0.29) is 5.78 Å². The summed E-state index contributed by atoms with van der Waals surface area (Å²) in [6.45, 7) is 0.787. The van der Waals surface area contributed by atoms with Gasteiger partial charge in [-0.15, -0.1) is 0 Å². The lowest BCUT2D eigenvalue weighted by Gasteiger charge is -2.39. The second-order valence-electron chi connectivity index (χ2n) is 3.88. The zero-order valence-corrected chi connectivity index (χ0v) is 8.82. The van der Waals surface area contributed by atoms with E-state index in [1.165, 1.54) is 12.0 Å². The minimum atomic E-state index is -1.05. The first-order valence-electron chi connectivity index (χ1n) is 5.23. The molecule has 0 aromatic rings. The van der Waals surface area contributed by atoms with Crippen LogP contribution in [0.2, 0.25) is 0 Å². The summed E-state index contributed by atoms with van der Waals surface area (Å²) in [6, 6.07) is 0. The molecule has 0 bridgehead atoms. The lowest BCUT2D eigenvalue weighted by molar-refractivity contribution is -0.167. The average Bonchev–Trinajstić information content (AvgIpc) is 2.66. The molecule has 0 spiro atoms. The first kappa shape index (κ1) is 10.4. The molecule has 5 nitrogen and oxygen atoms in total. The van der Waals surface area contributed by atoms with Crippen molar-refractivity contribution in [1.82, 2.24) is 4.90 Å². The van der Waals surface area contributed by atoms with Crippen LogP contribution in [0.1, 0.15) is 25.7 Å². The van der Waals surface area contributed by atoms with Crippen molar-refractivity contribution in [2.24, 2.45) is 0 Å². The topological polar surface area (TPSA) is 55.8 Å². The molecule has 0 aromatic heterocycles. The van der Waals surface area contributed by atoms with Crippen LogP contribution in [0, 0.1) is 0 Å². The summed E-state index contributed by atoms with van der Waals surface area (Å²) < 4.78 is 10.2. The van der Waals surface area contributed by atoms with Crippen molar-refractivity contribution in [2.45, 2.75) is 31.4 Å². The van der Waals surface area contributed by atoms with Gasteiger partial charge in [0, 0.05) is 20.0 Å². The molecule has 5 heteroatoms. The Morgan fingerprint density at radius 2 is 2.20 bits per heavy atom. The number of carbonyl (C=O) groups is 2. The van der Waals surface area contributed by atoms with Crippen molar-refractivity contribution in [3.05, 3.63) is 0 Å². The standard InChI is InChI=1S/C10H15NO4/c1-14-10(5-3-2-4-8(10)12)11-6-7-15-9(11)13/h2-7H2,1H3. The number of cyclic esters (lactones) is 1. The Balaban J connectivity index is 2.26. The number of nitrogens with zero attached hydrogens (tertiary/aromatic N) is 1. The van der Waals surface area contributed by atoms with Gasteiger partial charge in [-0.25, -0.2) is 4.79 Å². The monoisotopic (exact) mass is 213 g/mol. The molecule has 84 valence electrons. The van der Waals surface area contributed by atoms with Crippen molar-refractivity contribution in [3.63, 3.8) is 0 Å².